The minimum atomic E-state index is -0.00111. The van der Waals surface area contributed by atoms with E-state index >= 15 is 0 Å². The van der Waals surface area contributed by atoms with Crippen molar-refractivity contribution in [3.05, 3.63) is 34.0 Å². The number of carbonyl (C=O) groups excluding carboxylic acids is 1. The molecule has 0 spiro atoms. The highest BCUT2D eigenvalue weighted by atomic mass is 16.5. The largest absolute Gasteiger partial charge is 0.361 e. The number of carbonyl (C=O) groups is 1. The highest BCUT2D eigenvalue weighted by molar-refractivity contribution is 5.78. The summed E-state index contributed by atoms with van der Waals surface area (Å²) in [7, 11) is 0. The summed E-state index contributed by atoms with van der Waals surface area (Å²) in [5, 5.41) is 14.4. The van der Waals surface area contributed by atoms with Crippen LogP contribution in [0.1, 0.15) is 46.8 Å². The summed E-state index contributed by atoms with van der Waals surface area (Å²) in [6, 6.07) is 0. The molecule has 2 aromatic rings. The minimum absolute atomic E-state index is 0.00111. The Labute approximate surface area is 129 Å². The summed E-state index contributed by atoms with van der Waals surface area (Å²) >= 11 is 0. The highest BCUT2D eigenvalue weighted by Crippen LogP contribution is 2.22. The van der Waals surface area contributed by atoms with Gasteiger partial charge in [-0.1, -0.05) is 5.16 Å². The van der Waals surface area contributed by atoms with Gasteiger partial charge in [0.05, 0.1) is 17.8 Å². The van der Waals surface area contributed by atoms with Gasteiger partial charge in [0.15, 0.2) is 0 Å². The Hall–Kier alpha value is -2.11. The number of aryl methyl sites for hydroxylation is 3. The standard InChI is InChI=1S/C16H22N4O2/c1-10-13(11(2)22-20-10)9-16(21)17-8-7-15-12-5-3-4-6-14(12)18-19-15/h3-9H2,1-2H3,(H,17,21)(H,18,19). The first kappa shape index (κ1) is 14.8. The van der Waals surface area contributed by atoms with Gasteiger partial charge in [-0.2, -0.15) is 5.10 Å². The van der Waals surface area contributed by atoms with Crippen LogP contribution >= 0.6 is 0 Å². The molecule has 6 heteroatoms. The molecule has 22 heavy (non-hydrogen) atoms. The Morgan fingerprint density at radius 2 is 2.14 bits per heavy atom. The fourth-order valence-electron chi connectivity index (χ4n) is 3.05. The normalized spacial score (nSPS) is 13.9. The summed E-state index contributed by atoms with van der Waals surface area (Å²) in [4.78, 5) is 12.0. The number of nitrogens with zero attached hydrogens (tertiary/aromatic N) is 2. The summed E-state index contributed by atoms with van der Waals surface area (Å²) in [6.07, 6.45) is 5.77. The number of aromatic nitrogens is 3. The summed E-state index contributed by atoms with van der Waals surface area (Å²) in [5.41, 5.74) is 5.42. The van der Waals surface area contributed by atoms with Crippen LogP contribution in [-0.4, -0.2) is 27.8 Å². The van der Waals surface area contributed by atoms with Crippen LogP contribution in [0.4, 0.5) is 0 Å². The molecule has 1 amide bonds. The van der Waals surface area contributed by atoms with Crippen molar-refractivity contribution >= 4 is 5.91 Å². The van der Waals surface area contributed by atoms with Gasteiger partial charge < -0.3 is 9.84 Å². The first-order valence-electron chi connectivity index (χ1n) is 7.88. The molecule has 118 valence electrons. The van der Waals surface area contributed by atoms with Gasteiger partial charge in [0, 0.05) is 24.2 Å². The zero-order chi connectivity index (χ0) is 15.5. The quantitative estimate of drug-likeness (QED) is 0.882. The number of hydrogen-bond acceptors (Lipinski definition) is 4. The van der Waals surface area contributed by atoms with Crippen molar-refractivity contribution < 1.29 is 9.32 Å². The number of nitrogens with one attached hydrogen (secondary N) is 2. The lowest BCUT2D eigenvalue weighted by Crippen LogP contribution is -2.27. The summed E-state index contributed by atoms with van der Waals surface area (Å²) in [5.74, 6) is 0.716. The van der Waals surface area contributed by atoms with Crippen molar-refractivity contribution in [3.8, 4) is 0 Å². The molecule has 0 fully saturated rings. The molecule has 2 N–H and O–H groups in total. The average Bonchev–Trinajstić information content (AvgIpc) is 3.06. The molecule has 3 rings (SSSR count). The lowest BCUT2D eigenvalue weighted by Gasteiger charge is -2.11. The fourth-order valence-corrected chi connectivity index (χ4v) is 3.05. The van der Waals surface area contributed by atoms with E-state index in [1.807, 2.05) is 13.8 Å². The third-order valence-corrected chi connectivity index (χ3v) is 4.34. The molecule has 6 nitrogen and oxygen atoms in total. The highest BCUT2D eigenvalue weighted by Gasteiger charge is 2.17. The van der Waals surface area contributed by atoms with Gasteiger partial charge in [0.25, 0.3) is 0 Å². The molecule has 0 bridgehead atoms. The number of amides is 1. The molecule has 2 aromatic heterocycles. The molecule has 1 aliphatic carbocycles. The number of H-pyrrole nitrogens is 1. The smallest absolute Gasteiger partial charge is 0.224 e. The maximum atomic E-state index is 12.0. The van der Waals surface area contributed by atoms with Gasteiger partial charge in [-0.25, -0.2) is 0 Å². The molecule has 0 radical (unpaired) electrons. The van der Waals surface area contributed by atoms with E-state index < -0.39 is 0 Å². The number of aromatic amines is 1. The van der Waals surface area contributed by atoms with E-state index in [0.717, 1.165) is 36.2 Å². The van der Waals surface area contributed by atoms with E-state index in [9.17, 15) is 4.79 Å². The van der Waals surface area contributed by atoms with Crippen molar-refractivity contribution in [3.63, 3.8) is 0 Å². The van der Waals surface area contributed by atoms with Crippen LogP contribution in [0.15, 0.2) is 4.52 Å². The maximum absolute atomic E-state index is 12.0. The first-order valence-corrected chi connectivity index (χ1v) is 7.88. The molecule has 0 aliphatic heterocycles. The third kappa shape index (κ3) is 3.05. The zero-order valence-electron chi connectivity index (χ0n) is 13.2. The van der Waals surface area contributed by atoms with Crippen LogP contribution in [0.5, 0.6) is 0 Å². The molecule has 0 saturated heterocycles. The Morgan fingerprint density at radius 1 is 1.32 bits per heavy atom. The Bertz CT molecular complexity index is 652. The summed E-state index contributed by atoms with van der Waals surface area (Å²) < 4.78 is 5.08. The van der Waals surface area contributed by atoms with Crippen molar-refractivity contribution in [2.45, 2.75) is 52.4 Å². The van der Waals surface area contributed by atoms with E-state index in [1.54, 1.807) is 0 Å². The molecule has 2 heterocycles. The van der Waals surface area contributed by atoms with Crippen molar-refractivity contribution in [2.75, 3.05) is 6.54 Å². The molecule has 1 aliphatic rings. The minimum Gasteiger partial charge on any atom is -0.361 e. The van der Waals surface area contributed by atoms with Crippen molar-refractivity contribution in [1.29, 1.82) is 0 Å². The van der Waals surface area contributed by atoms with Gasteiger partial charge in [-0.15, -0.1) is 0 Å². The zero-order valence-corrected chi connectivity index (χ0v) is 13.2. The van der Waals surface area contributed by atoms with Crippen LogP contribution in [0, 0.1) is 13.8 Å². The molecular formula is C16H22N4O2. The lowest BCUT2D eigenvalue weighted by molar-refractivity contribution is -0.120. The second-order valence-corrected chi connectivity index (χ2v) is 5.91. The van der Waals surface area contributed by atoms with Gasteiger partial charge in [0.1, 0.15) is 5.76 Å². The Kier molecular flexibility index (Phi) is 4.27. The number of hydrogen-bond donors (Lipinski definition) is 2. The van der Waals surface area contributed by atoms with Crippen molar-refractivity contribution in [2.24, 2.45) is 0 Å². The van der Waals surface area contributed by atoms with E-state index in [2.05, 4.69) is 20.7 Å². The number of fused-ring (bicyclic) bond motifs is 1. The van der Waals surface area contributed by atoms with Gasteiger partial charge in [0.2, 0.25) is 5.91 Å². The second-order valence-electron chi connectivity index (χ2n) is 5.91. The Balaban J connectivity index is 1.51. The van der Waals surface area contributed by atoms with Crippen LogP contribution in [0.3, 0.4) is 0 Å². The number of rotatable bonds is 5. The molecular weight excluding hydrogens is 280 g/mol. The van der Waals surface area contributed by atoms with Crippen LogP contribution in [-0.2, 0) is 30.5 Å². The SMILES string of the molecule is Cc1noc(C)c1CC(=O)NCCc1n[nH]c2c1CCCC2. The third-order valence-electron chi connectivity index (χ3n) is 4.34. The van der Waals surface area contributed by atoms with Crippen LogP contribution in [0.2, 0.25) is 0 Å². The van der Waals surface area contributed by atoms with E-state index in [1.165, 1.54) is 24.1 Å². The first-order chi connectivity index (χ1) is 10.6. The van der Waals surface area contributed by atoms with E-state index in [-0.39, 0.29) is 5.91 Å². The van der Waals surface area contributed by atoms with Crippen LogP contribution < -0.4 is 5.32 Å². The topological polar surface area (TPSA) is 83.8 Å². The summed E-state index contributed by atoms with van der Waals surface area (Å²) in [6.45, 7) is 4.30. The monoisotopic (exact) mass is 302 g/mol. The van der Waals surface area contributed by atoms with Crippen molar-refractivity contribution in [1.82, 2.24) is 20.7 Å². The van der Waals surface area contributed by atoms with Gasteiger partial charge in [-0.05, 0) is 45.1 Å². The van der Waals surface area contributed by atoms with Gasteiger partial charge >= 0.3 is 0 Å². The fraction of sp³-hybridized carbons (Fsp3) is 0.562. The Morgan fingerprint density at radius 3 is 2.91 bits per heavy atom. The van der Waals surface area contributed by atoms with E-state index in [4.69, 9.17) is 4.52 Å². The lowest BCUT2D eigenvalue weighted by atomic mass is 9.95. The average molecular weight is 302 g/mol. The molecule has 0 atom stereocenters. The predicted molar refractivity (Wildman–Crippen MR) is 81.6 cm³/mol. The molecule has 0 aromatic carbocycles. The maximum Gasteiger partial charge on any atom is 0.224 e. The molecule has 0 saturated carbocycles. The predicted octanol–water partition coefficient (Wildman–Crippen LogP) is 1.79. The van der Waals surface area contributed by atoms with E-state index in [0.29, 0.717) is 18.7 Å². The second kappa shape index (κ2) is 6.34. The molecule has 0 unspecified atom stereocenters. The van der Waals surface area contributed by atoms with Gasteiger partial charge in [-0.3, -0.25) is 9.89 Å². The van der Waals surface area contributed by atoms with Crippen LogP contribution in [0.25, 0.3) is 0 Å².